The lowest BCUT2D eigenvalue weighted by molar-refractivity contribution is 0.244. The highest BCUT2D eigenvalue weighted by Gasteiger charge is 2.32. The van der Waals surface area contributed by atoms with E-state index in [1.807, 2.05) is 0 Å². The molecule has 0 aliphatic carbocycles. The lowest BCUT2D eigenvalue weighted by atomic mass is 9.86. The summed E-state index contributed by atoms with van der Waals surface area (Å²) in [6.45, 7) is 3.04. The summed E-state index contributed by atoms with van der Waals surface area (Å²) in [7, 11) is 5.58. The van der Waals surface area contributed by atoms with Gasteiger partial charge in [0.25, 0.3) is 0 Å². The normalized spacial score (nSPS) is 22.5. The molecule has 18 heavy (non-hydrogen) atoms. The number of benzene rings is 1. The Hall–Kier alpha value is -1.26. The van der Waals surface area contributed by atoms with Crippen LogP contribution >= 0.6 is 0 Å². The second-order valence-electron chi connectivity index (χ2n) is 5.12. The van der Waals surface area contributed by atoms with Crippen LogP contribution in [0.1, 0.15) is 22.7 Å². The Balaban J connectivity index is 2.21. The Bertz CT molecular complexity index is 473. The van der Waals surface area contributed by atoms with Crippen molar-refractivity contribution in [1.29, 1.82) is 0 Å². The van der Waals surface area contributed by atoms with Crippen molar-refractivity contribution in [3.63, 3.8) is 0 Å². The van der Waals surface area contributed by atoms with Crippen LogP contribution in [0.5, 0.6) is 11.5 Å². The second-order valence-corrected chi connectivity index (χ2v) is 5.12. The largest absolute Gasteiger partial charge is 0.493 e. The minimum atomic E-state index is 0.433. The van der Waals surface area contributed by atoms with Crippen LogP contribution in [0.15, 0.2) is 6.07 Å². The minimum Gasteiger partial charge on any atom is -0.493 e. The van der Waals surface area contributed by atoms with Crippen molar-refractivity contribution in [2.24, 2.45) is 0 Å². The SMILES string of the molecule is COc1cc2c3c(c1OC)CN(C)CC3NCC2. The highest BCUT2D eigenvalue weighted by molar-refractivity contribution is 5.57. The van der Waals surface area contributed by atoms with Gasteiger partial charge in [-0.25, -0.2) is 0 Å². The molecule has 98 valence electrons. The molecule has 0 radical (unpaired) electrons. The van der Waals surface area contributed by atoms with Gasteiger partial charge in [0.1, 0.15) is 0 Å². The molecule has 1 atom stereocenters. The fourth-order valence-corrected chi connectivity index (χ4v) is 3.22. The average molecular weight is 248 g/mol. The molecular weight excluding hydrogens is 228 g/mol. The first-order valence-corrected chi connectivity index (χ1v) is 6.43. The molecule has 4 nitrogen and oxygen atoms in total. The summed E-state index contributed by atoms with van der Waals surface area (Å²) in [5, 5.41) is 3.60. The highest BCUT2D eigenvalue weighted by Crippen LogP contribution is 2.42. The van der Waals surface area contributed by atoms with E-state index >= 15 is 0 Å². The van der Waals surface area contributed by atoms with Crippen molar-refractivity contribution in [2.45, 2.75) is 19.0 Å². The van der Waals surface area contributed by atoms with Gasteiger partial charge in [0, 0.05) is 24.7 Å². The van der Waals surface area contributed by atoms with Gasteiger partial charge in [-0.1, -0.05) is 0 Å². The lowest BCUT2D eigenvalue weighted by Crippen LogP contribution is -2.42. The van der Waals surface area contributed by atoms with E-state index in [2.05, 4.69) is 23.3 Å². The van der Waals surface area contributed by atoms with Gasteiger partial charge in [-0.15, -0.1) is 0 Å². The van der Waals surface area contributed by atoms with Crippen molar-refractivity contribution < 1.29 is 9.47 Å². The summed E-state index contributed by atoms with van der Waals surface area (Å²) >= 11 is 0. The van der Waals surface area contributed by atoms with E-state index in [0.29, 0.717) is 6.04 Å². The molecule has 2 aliphatic heterocycles. The maximum atomic E-state index is 5.58. The van der Waals surface area contributed by atoms with Crippen molar-refractivity contribution >= 4 is 0 Å². The van der Waals surface area contributed by atoms with Crippen LogP contribution in [0.3, 0.4) is 0 Å². The molecule has 0 bridgehead atoms. The molecule has 0 spiro atoms. The first kappa shape index (κ1) is 11.8. The summed E-state index contributed by atoms with van der Waals surface area (Å²) in [5.74, 6) is 1.76. The van der Waals surface area contributed by atoms with Crippen LogP contribution in [0.2, 0.25) is 0 Å². The fourth-order valence-electron chi connectivity index (χ4n) is 3.22. The zero-order chi connectivity index (χ0) is 12.7. The van der Waals surface area contributed by atoms with Gasteiger partial charge in [0.2, 0.25) is 0 Å². The predicted molar refractivity (Wildman–Crippen MR) is 70.3 cm³/mol. The molecular formula is C14H20N2O2. The Morgan fingerprint density at radius 1 is 1.33 bits per heavy atom. The number of ether oxygens (including phenoxy) is 2. The molecule has 2 heterocycles. The van der Waals surface area contributed by atoms with Gasteiger partial charge in [-0.3, -0.25) is 0 Å². The van der Waals surface area contributed by atoms with Crippen LogP contribution in [0, 0.1) is 0 Å². The van der Waals surface area contributed by atoms with Gasteiger partial charge >= 0.3 is 0 Å². The highest BCUT2D eigenvalue weighted by atomic mass is 16.5. The maximum Gasteiger partial charge on any atom is 0.165 e. The molecule has 1 N–H and O–H groups in total. The topological polar surface area (TPSA) is 33.7 Å². The molecule has 0 saturated carbocycles. The van der Waals surface area contributed by atoms with Gasteiger partial charge in [0.05, 0.1) is 14.2 Å². The summed E-state index contributed by atoms with van der Waals surface area (Å²) in [6.07, 6.45) is 1.07. The van der Waals surface area contributed by atoms with Crippen LogP contribution in [-0.4, -0.2) is 39.3 Å². The summed E-state index contributed by atoms with van der Waals surface area (Å²) < 4.78 is 11.1. The predicted octanol–water partition coefficient (Wildman–Crippen LogP) is 1.34. The van der Waals surface area contributed by atoms with Crippen molar-refractivity contribution in [3.05, 3.63) is 22.8 Å². The second kappa shape index (κ2) is 4.44. The zero-order valence-corrected chi connectivity index (χ0v) is 11.2. The number of hydrogen-bond donors (Lipinski definition) is 1. The van der Waals surface area contributed by atoms with Crippen LogP contribution in [0.4, 0.5) is 0 Å². The summed E-state index contributed by atoms with van der Waals surface area (Å²) in [4.78, 5) is 2.33. The van der Waals surface area contributed by atoms with Gasteiger partial charge in [-0.05, 0) is 37.2 Å². The van der Waals surface area contributed by atoms with E-state index in [0.717, 1.165) is 37.6 Å². The molecule has 0 fully saturated rings. The fraction of sp³-hybridized carbons (Fsp3) is 0.571. The average Bonchev–Trinajstić information content (AvgIpc) is 2.38. The molecule has 2 aliphatic rings. The number of nitrogens with zero attached hydrogens (tertiary/aromatic N) is 1. The van der Waals surface area contributed by atoms with E-state index in [-0.39, 0.29) is 0 Å². The van der Waals surface area contributed by atoms with E-state index in [1.54, 1.807) is 14.2 Å². The number of nitrogens with one attached hydrogen (secondary N) is 1. The zero-order valence-electron chi connectivity index (χ0n) is 11.2. The Kier molecular flexibility index (Phi) is 2.92. The van der Waals surface area contributed by atoms with Crippen LogP contribution in [-0.2, 0) is 13.0 Å². The number of methoxy groups -OCH3 is 2. The number of likely N-dealkylation sites (N-methyl/N-ethyl adjacent to an activating group) is 1. The smallest absolute Gasteiger partial charge is 0.165 e. The number of hydrogen-bond acceptors (Lipinski definition) is 4. The van der Waals surface area contributed by atoms with E-state index in [4.69, 9.17) is 9.47 Å². The molecule has 0 amide bonds. The van der Waals surface area contributed by atoms with Crippen molar-refractivity contribution in [3.8, 4) is 11.5 Å². The Labute approximate surface area is 108 Å². The number of rotatable bonds is 2. The molecule has 4 heteroatoms. The van der Waals surface area contributed by atoms with Crippen molar-refractivity contribution in [2.75, 3.05) is 34.4 Å². The third-order valence-electron chi connectivity index (χ3n) is 3.95. The quantitative estimate of drug-likeness (QED) is 0.856. The molecule has 1 unspecified atom stereocenters. The van der Waals surface area contributed by atoms with Crippen LogP contribution < -0.4 is 14.8 Å². The van der Waals surface area contributed by atoms with Crippen LogP contribution in [0.25, 0.3) is 0 Å². The molecule has 1 aromatic carbocycles. The molecule has 3 rings (SSSR count). The lowest BCUT2D eigenvalue weighted by Gasteiger charge is -2.38. The van der Waals surface area contributed by atoms with E-state index < -0.39 is 0 Å². The molecule has 1 aromatic rings. The summed E-state index contributed by atoms with van der Waals surface area (Å²) in [6, 6.07) is 2.58. The standard InChI is InChI=1S/C14H20N2O2/c1-16-7-10-13-9(4-5-15-11(13)8-16)6-12(17-2)14(10)18-3/h6,11,15H,4-5,7-8H2,1-3H3. The monoisotopic (exact) mass is 248 g/mol. The maximum absolute atomic E-state index is 5.58. The van der Waals surface area contributed by atoms with E-state index in [1.165, 1.54) is 16.7 Å². The van der Waals surface area contributed by atoms with Crippen molar-refractivity contribution in [1.82, 2.24) is 10.2 Å². The third-order valence-corrected chi connectivity index (χ3v) is 3.95. The van der Waals surface area contributed by atoms with Gasteiger partial charge in [0.15, 0.2) is 11.5 Å². The first-order chi connectivity index (χ1) is 8.74. The van der Waals surface area contributed by atoms with E-state index in [9.17, 15) is 0 Å². The van der Waals surface area contributed by atoms with Gasteiger partial charge in [-0.2, -0.15) is 0 Å². The third kappa shape index (κ3) is 1.68. The minimum absolute atomic E-state index is 0.433. The Morgan fingerprint density at radius 3 is 2.89 bits per heavy atom. The molecule has 0 saturated heterocycles. The molecule has 0 aromatic heterocycles. The first-order valence-electron chi connectivity index (χ1n) is 6.43. The van der Waals surface area contributed by atoms with Gasteiger partial charge < -0.3 is 19.7 Å². The Morgan fingerprint density at radius 2 is 2.17 bits per heavy atom. The summed E-state index contributed by atoms with van der Waals surface area (Å²) in [5.41, 5.74) is 4.15.